The zero-order valence-electron chi connectivity index (χ0n) is 16.4. The summed E-state index contributed by atoms with van der Waals surface area (Å²) in [6, 6.07) is 16.7. The molecule has 0 saturated heterocycles. The molecule has 0 unspecified atom stereocenters. The van der Waals surface area contributed by atoms with Crippen LogP contribution in [0.15, 0.2) is 65.9 Å². The number of nitrogens with zero attached hydrogens (tertiary/aromatic N) is 1. The van der Waals surface area contributed by atoms with E-state index in [-0.39, 0.29) is 12.6 Å². The Morgan fingerprint density at radius 1 is 1.07 bits per heavy atom. The van der Waals surface area contributed by atoms with Crippen LogP contribution in [0.3, 0.4) is 0 Å². The molecule has 1 aliphatic heterocycles. The number of allylic oxidation sites excluding steroid dienone is 1. The summed E-state index contributed by atoms with van der Waals surface area (Å²) in [5.74, 6) is -0.428. The van der Waals surface area contributed by atoms with Gasteiger partial charge < -0.3 is 20.3 Å². The Bertz CT molecular complexity index is 874. The van der Waals surface area contributed by atoms with Gasteiger partial charge in [-0.2, -0.15) is 0 Å². The summed E-state index contributed by atoms with van der Waals surface area (Å²) in [7, 11) is 3.92. The van der Waals surface area contributed by atoms with Crippen molar-refractivity contribution in [2.75, 3.05) is 25.6 Å². The maximum Gasteiger partial charge on any atom is 0.338 e. The first kappa shape index (κ1) is 19.5. The molecule has 2 aromatic carbocycles. The van der Waals surface area contributed by atoms with E-state index in [1.807, 2.05) is 73.6 Å². The van der Waals surface area contributed by atoms with Gasteiger partial charge in [0.1, 0.15) is 0 Å². The van der Waals surface area contributed by atoms with Gasteiger partial charge in [0.25, 0.3) is 0 Å². The summed E-state index contributed by atoms with van der Waals surface area (Å²) in [5.41, 5.74) is 3.90. The van der Waals surface area contributed by atoms with E-state index in [1.165, 1.54) is 0 Å². The van der Waals surface area contributed by atoms with Gasteiger partial charge >= 0.3 is 12.0 Å². The van der Waals surface area contributed by atoms with Crippen LogP contribution in [0, 0.1) is 0 Å². The first-order valence-electron chi connectivity index (χ1n) is 9.22. The van der Waals surface area contributed by atoms with Crippen LogP contribution >= 0.6 is 0 Å². The van der Waals surface area contributed by atoms with Crippen LogP contribution in [0.25, 0.3) is 0 Å². The first-order valence-corrected chi connectivity index (χ1v) is 9.22. The van der Waals surface area contributed by atoms with Crippen LogP contribution in [0.1, 0.15) is 24.1 Å². The zero-order valence-corrected chi connectivity index (χ0v) is 16.4. The maximum atomic E-state index is 12.8. The highest BCUT2D eigenvalue weighted by atomic mass is 16.5. The second kappa shape index (κ2) is 8.61. The minimum Gasteiger partial charge on any atom is -0.462 e. The number of amides is 2. The molecule has 28 heavy (non-hydrogen) atoms. The van der Waals surface area contributed by atoms with E-state index in [0.717, 1.165) is 16.8 Å². The Balaban J connectivity index is 1.76. The van der Waals surface area contributed by atoms with Crippen molar-refractivity contribution in [3.8, 4) is 0 Å². The average Bonchev–Trinajstić information content (AvgIpc) is 2.68. The van der Waals surface area contributed by atoms with Gasteiger partial charge in [-0.1, -0.05) is 42.5 Å². The predicted octanol–water partition coefficient (Wildman–Crippen LogP) is 3.17. The number of hydrogen-bond donors (Lipinski definition) is 2. The summed E-state index contributed by atoms with van der Waals surface area (Å²) in [6.45, 7) is 1.99. The quantitative estimate of drug-likeness (QED) is 0.757. The van der Waals surface area contributed by atoms with Crippen LogP contribution in [0.5, 0.6) is 0 Å². The second-order valence-electron chi connectivity index (χ2n) is 6.93. The largest absolute Gasteiger partial charge is 0.462 e. The summed E-state index contributed by atoms with van der Waals surface area (Å²) in [6.07, 6.45) is 0.640. The van der Waals surface area contributed by atoms with Gasteiger partial charge in [-0.15, -0.1) is 0 Å². The molecule has 1 atom stereocenters. The van der Waals surface area contributed by atoms with E-state index in [1.54, 1.807) is 6.92 Å². The molecule has 0 radical (unpaired) electrons. The number of anilines is 1. The summed E-state index contributed by atoms with van der Waals surface area (Å²) in [4.78, 5) is 26.8. The lowest BCUT2D eigenvalue weighted by Crippen LogP contribution is -2.45. The lowest BCUT2D eigenvalue weighted by Gasteiger charge is -2.28. The van der Waals surface area contributed by atoms with Gasteiger partial charge in [-0.3, -0.25) is 0 Å². The van der Waals surface area contributed by atoms with Gasteiger partial charge in [0.2, 0.25) is 0 Å². The lowest BCUT2D eigenvalue weighted by molar-refractivity contribution is -0.139. The molecule has 0 saturated carbocycles. The van der Waals surface area contributed by atoms with E-state index in [0.29, 0.717) is 17.7 Å². The second-order valence-corrected chi connectivity index (χ2v) is 6.93. The average molecular weight is 379 g/mol. The lowest BCUT2D eigenvalue weighted by atomic mass is 9.95. The number of carbonyl (C=O) groups is 2. The standard InChI is InChI=1S/C22H25N3O3/c1-15-19(21(26)28-14-13-16-7-5-4-6-8-16)20(24-22(27)23-15)17-9-11-18(12-10-17)25(2)3/h4-12,20H,13-14H2,1-3H3,(H2,23,24,27)/t20-/m1/s1. The van der Waals surface area contributed by atoms with Crippen molar-refractivity contribution in [1.82, 2.24) is 10.6 Å². The van der Waals surface area contributed by atoms with E-state index >= 15 is 0 Å². The van der Waals surface area contributed by atoms with Gasteiger partial charge in [0, 0.05) is 31.9 Å². The van der Waals surface area contributed by atoms with Crippen molar-refractivity contribution in [1.29, 1.82) is 0 Å². The minimum absolute atomic E-state index is 0.278. The number of rotatable bonds is 6. The van der Waals surface area contributed by atoms with Crippen molar-refractivity contribution >= 4 is 17.7 Å². The van der Waals surface area contributed by atoms with Gasteiger partial charge in [-0.25, -0.2) is 9.59 Å². The molecular formula is C22H25N3O3. The molecule has 2 aromatic rings. The highest BCUT2D eigenvalue weighted by Crippen LogP contribution is 2.28. The van der Waals surface area contributed by atoms with E-state index in [4.69, 9.17) is 4.74 Å². The normalized spacial score (nSPS) is 16.2. The molecule has 6 nitrogen and oxygen atoms in total. The summed E-state index contributed by atoms with van der Waals surface area (Å²) in [5, 5.41) is 5.50. The molecule has 0 aliphatic carbocycles. The molecule has 146 valence electrons. The SMILES string of the molecule is CC1=C(C(=O)OCCc2ccccc2)[C@@H](c2ccc(N(C)C)cc2)NC(=O)N1. The number of esters is 1. The predicted molar refractivity (Wildman–Crippen MR) is 109 cm³/mol. The number of hydrogen-bond acceptors (Lipinski definition) is 4. The van der Waals surface area contributed by atoms with Crippen LogP contribution in [0.2, 0.25) is 0 Å². The summed E-state index contributed by atoms with van der Waals surface area (Å²) < 4.78 is 5.51. The monoisotopic (exact) mass is 379 g/mol. The Morgan fingerprint density at radius 2 is 1.75 bits per heavy atom. The molecule has 1 heterocycles. The van der Waals surface area contributed by atoms with Crippen molar-refractivity contribution in [2.24, 2.45) is 0 Å². The Kier molecular flexibility index (Phi) is 5.99. The summed E-state index contributed by atoms with van der Waals surface area (Å²) >= 11 is 0. The molecule has 3 rings (SSSR count). The molecule has 0 bridgehead atoms. The maximum absolute atomic E-state index is 12.8. The molecule has 2 amide bonds. The first-order chi connectivity index (χ1) is 13.5. The minimum atomic E-state index is -0.547. The molecule has 0 fully saturated rings. The Labute approximate surface area is 165 Å². The topological polar surface area (TPSA) is 70.7 Å². The smallest absolute Gasteiger partial charge is 0.338 e. The van der Waals surface area contributed by atoms with E-state index in [9.17, 15) is 9.59 Å². The van der Waals surface area contributed by atoms with Crippen molar-refractivity contribution in [2.45, 2.75) is 19.4 Å². The van der Waals surface area contributed by atoms with Crippen molar-refractivity contribution in [3.63, 3.8) is 0 Å². The van der Waals surface area contributed by atoms with Crippen LogP contribution in [-0.4, -0.2) is 32.7 Å². The fourth-order valence-corrected chi connectivity index (χ4v) is 3.16. The third kappa shape index (κ3) is 4.52. The van der Waals surface area contributed by atoms with Crippen LogP contribution in [-0.2, 0) is 16.0 Å². The van der Waals surface area contributed by atoms with E-state index in [2.05, 4.69) is 10.6 Å². The van der Waals surface area contributed by atoms with E-state index < -0.39 is 12.0 Å². The molecule has 0 spiro atoms. The number of urea groups is 1. The molecule has 1 aliphatic rings. The number of ether oxygens (including phenoxy) is 1. The Morgan fingerprint density at radius 3 is 2.39 bits per heavy atom. The van der Waals surface area contributed by atoms with Crippen LogP contribution in [0.4, 0.5) is 10.5 Å². The molecule has 0 aromatic heterocycles. The molecule has 2 N–H and O–H groups in total. The highest BCUT2D eigenvalue weighted by molar-refractivity contribution is 5.95. The fourth-order valence-electron chi connectivity index (χ4n) is 3.16. The Hall–Kier alpha value is -3.28. The number of nitrogens with one attached hydrogen (secondary N) is 2. The number of carbonyl (C=O) groups excluding carboxylic acids is 2. The molecular weight excluding hydrogens is 354 g/mol. The zero-order chi connectivity index (χ0) is 20.1. The van der Waals surface area contributed by atoms with Gasteiger partial charge in [-0.05, 0) is 30.2 Å². The van der Waals surface area contributed by atoms with Crippen molar-refractivity contribution < 1.29 is 14.3 Å². The van der Waals surface area contributed by atoms with Gasteiger partial charge in [0.15, 0.2) is 0 Å². The number of benzene rings is 2. The highest BCUT2D eigenvalue weighted by Gasteiger charge is 2.32. The van der Waals surface area contributed by atoms with Crippen molar-refractivity contribution in [3.05, 3.63) is 77.0 Å². The van der Waals surface area contributed by atoms with Gasteiger partial charge in [0.05, 0.1) is 18.2 Å². The molecule has 6 heteroatoms. The third-order valence-corrected chi connectivity index (χ3v) is 4.70. The fraction of sp³-hybridized carbons (Fsp3) is 0.273. The van der Waals surface area contributed by atoms with Crippen LogP contribution < -0.4 is 15.5 Å². The third-order valence-electron chi connectivity index (χ3n) is 4.70.